The fourth-order valence-electron chi connectivity index (χ4n) is 1.72. The Morgan fingerprint density at radius 3 is 3.00 bits per heavy atom. The largest absolute Gasteiger partial charge is 0.398 e. The summed E-state index contributed by atoms with van der Waals surface area (Å²) in [7, 11) is 1.63. The number of hydrogen-bond acceptors (Lipinski definition) is 4. The van der Waals surface area contributed by atoms with Crippen molar-refractivity contribution >= 4 is 17.3 Å². The van der Waals surface area contributed by atoms with Crippen LogP contribution in [0.1, 0.15) is 15.9 Å². The standard InChI is InChI=1S/C14H18N4O2/c1-10-3-4-11(7-13(10)15)14(19)17-12-8-16-18(9-12)5-6-20-2/h3-4,7-9H,5-6,15H2,1-2H3,(H,17,19). The predicted octanol–water partition coefficient (Wildman–Crippen LogP) is 1.67. The molecule has 1 aromatic carbocycles. The molecule has 0 spiro atoms. The van der Waals surface area contributed by atoms with Crippen molar-refractivity contribution in [3.8, 4) is 0 Å². The van der Waals surface area contributed by atoms with E-state index in [2.05, 4.69) is 10.4 Å². The summed E-state index contributed by atoms with van der Waals surface area (Å²) in [5.41, 5.74) is 8.53. The quantitative estimate of drug-likeness (QED) is 0.813. The van der Waals surface area contributed by atoms with Gasteiger partial charge in [-0.2, -0.15) is 5.10 Å². The molecule has 6 nitrogen and oxygen atoms in total. The zero-order chi connectivity index (χ0) is 14.5. The molecule has 0 aliphatic heterocycles. The summed E-state index contributed by atoms with van der Waals surface area (Å²) in [5.74, 6) is -0.206. The van der Waals surface area contributed by atoms with E-state index in [1.165, 1.54) is 0 Å². The van der Waals surface area contributed by atoms with E-state index < -0.39 is 0 Å². The van der Waals surface area contributed by atoms with Crippen molar-refractivity contribution in [2.45, 2.75) is 13.5 Å². The molecular weight excluding hydrogens is 256 g/mol. The van der Waals surface area contributed by atoms with Gasteiger partial charge in [0.15, 0.2) is 0 Å². The van der Waals surface area contributed by atoms with E-state index in [4.69, 9.17) is 10.5 Å². The first-order valence-corrected chi connectivity index (χ1v) is 6.29. The Hall–Kier alpha value is -2.34. The van der Waals surface area contributed by atoms with Gasteiger partial charge in [-0.15, -0.1) is 0 Å². The van der Waals surface area contributed by atoms with Crippen LogP contribution in [0.25, 0.3) is 0 Å². The number of nitrogens with one attached hydrogen (secondary N) is 1. The lowest BCUT2D eigenvalue weighted by Gasteiger charge is -2.05. The molecule has 0 saturated heterocycles. The second kappa shape index (κ2) is 6.21. The smallest absolute Gasteiger partial charge is 0.255 e. The minimum atomic E-state index is -0.206. The van der Waals surface area contributed by atoms with E-state index in [1.54, 1.807) is 36.3 Å². The molecular formula is C14H18N4O2. The third kappa shape index (κ3) is 3.36. The lowest BCUT2D eigenvalue weighted by atomic mass is 10.1. The zero-order valence-electron chi connectivity index (χ0n) is 11.6. The Morgan fingerprint density at radius 1 is 1.50 bits per heavy atom. The maximum atomic E-state index is 12.1. The Balaban J connectivity index is 2.03. The van der Waals surface area contributed by atoms with Crippen molar-refractivity contribution in [2.75, 3.05) is 24.8 Å². The topological polar surface area (TPSA) is 82.2 Å². The second-order valence-electron chi connectivity index (χ2n) is 4.51. The van der Waals surface area contributed by atoms with Crippen LogP contribution in [0.3, 0.4) is 0 Å². The number of nitrogens with zero attached hydrogens (tertiary/aromatic N) is 2. The number of nitrogen functional groups attached to an aromatic ring is 1. The molecule has 1 heterocycles. The van der Waals surface area contributed by atoms with Crippen LogP contribution in [-0.4, -0.2) is 29.4 Å². The summed E-state index contributed by atoms with van der Waals surface area (Å²) in [6.45, 7) is 3.12. The van der Waals surface area contributed by atoms with E-state index in [-0.39, 0.29) is 5.91 Å². The molecule has 3 N–H and O–H groups in total. The highest BCUT2D eigenvalue weighted by atomic mass is 16.5. The number of anilines is 2. The fourth-order valence-corrected chi connectivity index (χ4v) is 1.72. The Kier molecular flexibility index (Phi) is 4.37. The number of carbonyl (C=O) groups is 1. The van der Waals surface area contributed by atoms with E-state index >= 15 is 0 Å². The van der Waals surface area contributed by atoms with Crippen LogP contribution in [0, 0.1) is 6.92 Å². The number of amides is 1. The van der Waals surface area contributed by atoms with E-state index in [0.717, 1.165) is 5.56 Å². The molecule has 0 unspecified atom stereocenters. The number of methoxy groups -OCH3 is 1. The number of benzene rings is 1. The molecule has 1 amide bonds. The highest BCUT2D eigenvalue weighted by molar-refractivity contribution is 6.04. The van der Waals surface area contributed by atoms with Crippen LogP contribution >= 0.6 is 0 Å². The van der Waals surface area contributed by atoms with Crippen molar-refractivity contribution in [1.29, 1.82) is 0 Å². The van der Waals surface area contributed by atoms with Gasteiger partial charge in [0.25, 0.3) is 5.91 Å². The van der Waals surface area contributed by atoms with Crippen LogP contribution < -0.4 is 11.1 Å². The number of nitrogens with two attached hydrogens (primary N) is 1. The summed E-state index contributed by atoms with van der Waals surface area (Å²) in [6, 6.07) is 5.24. The van der Waals surface area contributed by atoms with Gasteiger partial charge in [-0.3, -0.25) is 9.48 Å². The number of hydrogen-bond donors (Lipinski definition) is 2. The minimum absolute atomic E-state index is 0.206. The SMILES string of the molecule is COCCn1cc(NC(=O)c2ccc(C)c(N)c2)cn1. The molecule has 1 aromatic heterocycles. The monoisotopic (exact) mass is 274 g/mol. The van der Waals surface area contributed by atoms with Crippen LogP contribution in [0.4, 0.5) is 11.4 Å². The van der Waals surface area contributed by atoms with Crippen molar-refractivity contribution in [3.63, 3.8) is 0 Å². The predicted molar refractivity (Wildman–Crippen MR) is 77.6 cm³/mol. The van der Waals surface area contributed by atoms with Crippen molar-refractivity contribution in [3.05, 3.63) is 41.7 Å². The maximum Gasteiger partial charge on any atom is 0.255 e. The third-order valence-corrected chi connectivity index (χ3v) is 2.96. The number of aromatic nitrogens is 2. The minimum Gasteiger partial charge on any atom is -0.398 e. The van der Waals surface area contributed by atoms with Gasteiger partial charge in [0, 0.05) is 24.6 Å². The molecule has 20 heavy (non-hydrogen) atoms. The van der Waals surface area contributed by atoms with E-state index in [1.807, 2.05) is 13.0 Å². The number of carbonyl (C=O) groups excluding carboxylic acids is 1. The lowest BCUT2D eigenvalue weighted by molar-refractivity contribution is 0.102. The fraction of sp³-hybridized carbons (Fsp3) is 0.286. The molecule has 0 aliphatic carbocycles. The van der Waals surface area contributed by atoms with Gasteiger partial charge in [0.2, 0.25) is 0 Å². The van der Waals surface area contributed by atoms with Gasteiger partial charge < -0.3 is 15.8 Å². The van der Waals surface area contributed by atoms with Gasteiger partial charge in [-0.05, 0) is 24.6 Å². The van der Waals surface area contributed by atoms with Crippen LogP contribution in [-0.2, 0) is 11.3 Å². The first-order chi connectivity index (χ1) is 9.60. The molecule has 0 saturated carbocycles. The summed E-state index contributed by atoms with van der Waals surface area (Å²) >= 11 is 0. The average molecular weight is 274 g/mol. The summed E-state index contributed by atoms with van der Waals surface area (Å²) in [4.78, 5) is 12.1. The zero-order valence-corrected chi connectivity index (χ0v) is 11.6. The molecule has 2 aromatic rings. The Bertz CT molecular complexity index is 607. The summed E-state index contributed by atoms with van der Waals surface area (Å²) < 4.78 is 6.68. The molecule has 0 aliphatic rings. The molecule has 2 rings (SSSR count). The van der Waals surface area contributed by atoms with Crippen LogP contribution in [0.2, 0.25) is 0 Å². The lowest BCUT2D eigenvalue weighted by Crippen LogP contribution is -2.12. The van der Waals surface area contributed by atoms with Gasteiger partial charge >= 0.3 is 0 Å². The van der Waals surface area contributed by atoms with Crippen molar-refractivity contribution in [1.82, 2.24) is 9.78 Å². The highest BCUT2D eigenvalue weighted by Gasteiger charge is 2.08. The van der Waals surface area contributed by atoms with Gasteiger partial charge in [-0.1, -0.05) is 6.07 Å². The Morgan fingerprint density at radius 2 is 2.30 bits per heavy atom. The summed E-state index contributed by atoms with van der Waals surface area (Å²) in [6.07, 6.45) is 3.36. The maximum absolute atomic E-state index is 12.1. The van der Waals surface area contributed by atoms with Crippen molar-refractivity contribution in [2.24, 2.45) is 0 Å². The van der Waals surface area contributed by atoms with E-state index in [9.17, 15) is 4.79 Å². The third-order valence-electron chi connectivity index (χ3n) is 2.96. The number of aryl methyl sites for hydroxylation is 1. The average Bonchev–Trinajstić information content (AvgIpc) is 2.87. The number of rotatable bonds is 5. The van der Waals surface area contributed by atoms with Gasteiger partial charge in [0.1, 0.15) is 0 Å². The normalized spacial score (nSPS) is 10.5. The molecule has 0 bridgehead atoms. The molecule has 0 fully saturated rings. The molecule has 106 valence electrons. The summed E-state index contributed by atoms with van der Waals surface area (Å²) in [5, 5.41) is 6.91. The van der Waals surface area contributed by atoms with Crippen molar-refractivity contribution < 1.29 is 9.53 Å². The Labute approximate surface area is 117 Å². The molecule has 0 radical (unpaired) electrons. The van der Waals surface area contributed by atoms with Gasteiger partial charge in [-0.25, -0.2) is 0 Å². The second-order valence-corrected chi connectivity index (χ2v) is 4.51. The van der Waals surface area contributed by atoms with Crippen LogP contribution in [0.15, 0.2) is 30.6 Å². The molecule has 0 atom stereocenters. The van der Waals surface area contributed by atoms with Crippen LogP contribution in [0.5, 0.6) is 0 Å². The van der Waals surface area contributed by atoms with E-state index in [0.29, 0.717) is 30.1 Å². The molecule has 6 heteroatoms. The first kappa shape index (κ1) is 14.1. The number of ether oxygens (including phenoxy) is 1. The highest BCUT2D eigenvalue weighted by Crippen LogP contribution is 2.14. The first-order valence-electron chi connectivity index (χ1n) is 6.29. The van der Waals surface area contributed by atoms with Gasteiger partial charge in [0.05, 0.1) is 25.0 Å².